The summed E-state index contributed by atoms with van der Waals surface area (Å²) < 4.78 is 54.9. The molecular weight excluding hydrogens is 414 g/mol. The van der Waals surface area contributed by atoms with Gasteiger partial charge in [-0.05, 0) is 32.1 Å². The number of halogens is 3. The number of nitrogens with one attached hydrogen (secondary N) is 2. The third-order valence-corrected chi connectivity index (χ3v) is 6.11. The third-order valence-electron chi connectivity index (χ3n) is 3.90. The molecule has 28 heavy (non-hydrogen) atoms. The van der Waals surface area contributed by atoms with Crippen LogP contribution in [0.3, 0.4) is 0 Å². The lowest BCUT2D eigenvalue weighted by molar-refractivity contribution is 0.101. The van der Waals surface area contributed by atoms with E-state index >= 15 is 0 Å². The molecule has 0 radical (unpaired) electrons. The molecule has 0 unspecified atom stereocenters. The molecular formula is C17H17ClF2N4O3S. The van der Waals surface area contributed by atoms with Gasteiger partial charge < -0.3 is 9.88 Å². The Labute approximate surface area is 165 Å². The Morgan fingerprint density at radius 1 is 1.36 bits per heavy atom. The number of fused-ring (bicyclic) bond motifs is 1. The Kier molecular flexibility index (Phi) is 5.55. The normalized spacial score (nSPS) is 13.4. The second-order valence-electron chi connectivity index (χ2n) is 6.39. The van der Waals surface area contributed by atoms with E-state index in [-0.39, 0.29) is 39.6 Å². The van der Waals surface area contributed by atoms with Crippen LogP contribution in [0.4, 0.5) is 14.5 Å². The summed E-state index contributed by atoms with van der Waals surface area (Å²) in [4.78, 5) is 16.1. The molecule has 7 nitrogen and oxygen atoms in total. The van der Waals surface area contributed by atoms with Crippen LogP contribution in [0.15, 0.2) is 29.3 Å². The SMILES string of the molecule is CC(C)NS(=O)(=O)c1c(Cl)c(C(=O)Nc2ccnc(C(F)F)c2)n2c1C=CC2. The Morgan fingerprint density at radius 3 is 2.71 bits per heavy atom. The summed E-state index contributed by atoms with van der Waals surface area (Å²) in [5.74, 6) is -0.715. The Balaban J connectivity index is 2.01. The van der Waals surface area contributed by atoms with E-state index in [1.807, 2.05) is 0 Å². The van der Waals surface area contributed by atoms with E-state index in [9.17, 15) is 22.0 Å². The topological polar surface area (TPSA) is 93.1 Å². The van der Waals surface area contributed by atoms with Gasteiger partial charge in [0.05, 0.1) is 10.7 Å². The van der Waals surface area contributed by atoms with E-state index in [1.54, 1.807) is 26.0 Å². The summed E-state index contributed by atoms with van der Waals surface area (Å²) >= 11 is 6.29. The molecule has 11 heteroatoms. The van der Waals surface area contributed by atoms with E-state index in [4.69, 9.17) is 11.6 Å². The number of alkyl halides is 2. The highest BCUT2D eigenvalue weighted by atomic mass is 35.5. The summed E-state index contributed by atoms with van der Waals surface area (Å²) in [7, 11) is -3.96. The average molecular weight is 431 g/mol. The van der Waals surface area contributed by atoms with E-state index < -0.39 is 28.0 Å². The maximum atomic E-state index is 12.8. The van der Waals surface area contributed by atoms with Gasteiger partial charge in [0.25, 0.3) is 12.3 Å². The molecule has 3 rings (SSSR count). The molecule has 2 aromatic heterocycles. The number of carbonyl (C=O) groups excluding carboxylic acids is 1. The fraction of sp³-hybridized carbons (Fsp3) is 0.294. The number of hydrogen-bond acceptors (Lipinski definition) is 4. The third kappa shape index (κ3) is 3.80. The predicted molar refractivity (Wildman–Crippen MR) is 101 cm³/mol. The molecule has 1 aliphatic heterocycles. The lowest BCUT2D eigenvalue weighted by atomic mass is 10.3. The minimum absolute atomic E-state index is 0.0683. The van der Waals surface area contributed by atoms with Gasteiger partial charge in [-0.3, -0.25) is 9.78 Å². The first-order valence-corrected chi connectivity index (χ1v) is 10.1. The molecule has 0 aromatic carbocycles. The molecule has 0 atom stereocenters. The highest BCUT2D eigenvalue weighted by Gasteiger charge is 2.33. The van der Waals surface area contributed by atoms with Crippen LogP contribution in [0.5, 0.6) is 0 Å². The van der Waals surface area contributed by atoms with Crippen LogP contribution in [-0.2, 0) is 16.6 Å². The summed E-state index contributed by atoms with van der Waals surface area (Å²) in [5, 5.41) is 2.24. The van der Waals surface area contributed by atoms with Crippen molar-refractivity contribution in [2.75, 3.05) is 5.32 Å². The number of hydrogen-bond donors (Lipinski definition) is 2. The monoisotopic (exact) mass is 430 g/mol. The minimum Gasteiger partial charge on any atom is -0.331 e. The van der Waals surface area contributed by atoms with Crippen LogP contribution in [-0.4, -0.2) is 29.9 Å². The maximum Gasteiger partial charge on any atom is 0.280 e. The van der Waals surface area contributed by atoms with Gasteiger partial charge in [0, 0.05) is 24.5 Å². The van der Waals surface area contributed by atoms with Gasteiger partial charge in [-0.25, -0.2) is 21.9 Å². The standard InChI is InChI=1S/C17H17ClF2N4O3S/c1-9(2)23-28(26,27)15-12-4-3-7-24(12)14(13(15)18)17(25)22-10-5-6-21-11(8-10)16(19)20/h3-6,8-9,16,23H,7H2,1-2H3,(H,21,22,25). The van der Waals surface area contributed by atoms with Crippen LogP contribution in [0.2, 0.25) is 5.02 Å². The number of rotatable bonds is 6. The summed E-state index contributed by atoms with van der Waals surface area (Å²) in [6.07, 6.45) is 1.61. The first-order chi connectivity index (χ1) is 13.1. The van der Waals surface area contributed by atoms with Crippen molar-refractivity contribution in [1.82, 2.24) is 14.3 Å². The van der Waals surface area contributed by atoms with Crippen molar-refractivity contribution < 1.29 is 22.0 Å². The zero-order valence-corrected chi connectivity index (χ0v) is 16.5. The molecule has 0 saturated heterocycles. The fourth-order valence-electron chi connectivity index (χ4n) is 2.89. The molecule has 0 fully saturated rings. The molecule has 0 saturated carbocycles. The van der Waals surface area contributed by atoms with E-state index in [2.05, 4.69) is 15.0 Å². The predicted octanol–water partition coefficient (Wildman–Crippen LogP) is 3.44. The van der Waals surface area contributed by atoms with E-state index in [0.717, 1.165) is 12.3 Å². The van der Waals surface area contributed by atoms with Crippen molar-refractivity contribution in [3.63, 3.8) is 0 Å². The highest BCUT2D eigenvalue weighted by molar-refractivity contribution is 7.89. The van der Waals surface area contributed by atoms with Gasteiger partial charge in [-0.15, -0.1) is 0 Å². The van der Waals surface area contributed by atoms with Gasteiger partial charge in [-0.1, -0.05) is 17.7 Å². The first-order valence-electron chi connectivity index (χ1n) is 8.28. The molecule has 0 aliphatic carbocycles. The Bertz CT molecular complexity index is 1060. The van der Waals surface area contributed by atoms with Crippen LogP contribution >= 0.6 is 11.6 Å². The number of allylic oxidation sites excluding steroid dienone is 1. The number of pyridine rings is 1. The minimum atomic E-state index is -3.96. The summed E-state index contributed by atoms with van der Waals surface area (Å²) in [6.45, 7) is 3.58. The summed E-state index contributed by atoms with van der Waals surface area (Å²) in [5.41, 5.74) is -0.180. The van der Waals surface area contributed by atoms with Gasteiger partial charge in [0.15, 0.2) is 0 Å². The van der Waals surface area contributed by atoms with Gasteiger partial charge >= 0.3 is 0 Å². The molecule has 1 amide bonds. The van der Waals surface area contributed by atoms with Crippen LogP contribution < -0.4 is 10.0 Å². The van der Waals surface area contributed by atoms with Crippen LogP contribution in [0.1, 0.15) is 42.1 Å². The van der Waals surface area contributed by atoms with Crippen molar-refractivity contribution >= 4 is 39.3 Å². The van der Waals surface area contributed by atoms with Crippen molar-refractivity contribution in [1.29, 1.82) is 0 Å². The largest absolute Gasteiger partial charge is 0.331 e. The maximum absolute atomic E-state index is 12.8. The quantitative estimate of drug-likeness (QED) is 0.734. The molecule has 2 aromatic rings. The second-order valence-corrected chi connectivity index (χ2v) is 8.42. The van der Waals surface area contributed by atoms with Crippen molar-refractivity contribution in [3.8, 4) is 0 Å². The number of anilines is 1. The number of sulfonamides is 1. The molecule has 150 valence electrons. The van der Waals surface area contributed by atoms with Crippen molar-refractivity contribution in [3.05, 3.63) is 46.5 Å². The van der Waals surface area contributed by atoms with Crippen LogP contribution in [0.25, 0.3) is 6.08 Å². The van der Waals surface area contributed by atoms with Gasteiger partial charge in [-0.2, -0.15) is 0 Å². The smallest absolute Gasteiger partial charge is 0.280 e. The molecule has 2 N–H and O–H groups in total. The van der Waals surface area contributed by atoms with Crippen molar-refractivity contribution in [2.45, 2.75) is 37.8 Å². The number of nitrogens with zero attached hydrogens (tertiary/aromatic N) is 2. The average Bonchev–Trinajstić information content (AvgIpc) is 3.12. The lowest BCUT2D eigenvalue weighted by Crippen LogP contribution is -2.30. The highest BCUT2D eigenvalue weighted by Crippen LogP contribution is 2.36. The van der Waals surface area contributed by atoms with E-state index in [0.29, 0.717) is 0 Å². The number of amides is 1. The molecule has 3 heterocycles. The first kappa shape index (κ1) is 20.4. The fourth-order valence-corrected chi connectivity index (χ4v) is 5.00. The number of carbonyl (C=O) groups is 1. The lowest BCUT2D eigenvalue weighted by Gasteiger charge is -2.09. The molecule has 0 spiro atoms. The zero-order chi connectivity index (χ0) is 20.6. The second kappa shape index (κ2) is 7.61. The van der Waals surface area contributed by atoms with Crippen LogP contribution in [0, 0.1) is 0 Å². The number of aromatic nitrogens is 2. The van der Waals surface area contributed by atoms with Gasteiger partial charge in [0.1, 0.15) is 16.3 Å². The summed E-state index contributed by atoms with van der Waals surface area (Å²) in [6, 6.07) is 2.02. The molecule has 1 aliphatic rings. The Morgan fingerprint density at radius 2 is 2.07 bits per heavy atom. The zero-order valence-electron chi connectivity index (χ0n) is 14.9. The van der Waals surface area contributed by atoms with Gasteiger partial charge in [0.2, 0.25) is 10.0 Å². The Hall–Kier alpha value is -2.30. The van der Waals surface area contributed by atoms with Crippen molar-refractivity contribution in [2.24, 2.45) is 0 Å². The van der Waals surface area contributed by atoms with E-state index in [1.165, 1.54) is 10.6 Å². The molecule has 0 bridgehead atoms.